The first-order chi connectivity index (χ1) is 10.2. The van der Waals surface area contributed by atoms with Crippen LogP contribution in [0.4, 0.5) is 0 Å². The standard InChI is InChI=1S/C17H21N3O/c1-4-18-11(2)14-10-19-17(20-12(14)3)16-9-13-7-5-6-8-15(13)21-16/h5-8,10-11,16,18H,4,9H2,1-3H3. The number of aromatic nitrogens is 2. The van der Waals surface area contributed by atoms with Crippen molar-refractivity contribution in [1.29, 1.82) is 0 Å². The fraction of sp³-hybridized carbons (Fsp3) is 0.412. The quantitative estimate of drug-likeness (QED) is 0.936. The minimum atomic E-state index is -0.0652. The maximum absolute atomic E-state index is 5.96. The summed E-state index contributed by atoms with van der Waals surface area (Å²) in [4.78, 5) is 9.20. The van der Waals surface area contributed by atoms with Gasteiger partial charge in [-0.3, -0.25) is 0 Å². The highest BCUT2D eigenvalue weighted by molar-refractivity contribution is 5.38. The Hall–Kier alpha value is -1.94. The summed E-state index contributed by atoms with van der Waals surface area (Å²) in [6.45, 7) is 7.21. The van der Waals surface area contributed by atoms with Crippen LogP contribution in [-0.4, -0.2) is 16.5 Å². The number of aryl methyl sites for hydroxylation is 1. The van der Waals surface area contributed by atoms with Crippen molar-refractivity contribution >= 4 is 0 Å². The van der Waals surface area contributed by atoms with Crippen LogP contribution in [0.2, 0.25) is 0 Å². The Balaban J connectivity index is 1.81. The smallest absolute Gasteiger partial charge is 0.169 e. The maximum atomic E-state index is 5.96. The van der Waals surface area contributed by atoms with Gasteiger partial charge in [-0.25, -0.2) is 9.97 Å². The third-order valence-electron chi connectivity index (χ3n) is 3.95. The molecule has 3 rings (SSSR count). The summed E-state index contributed by atoms with van der Waals surface area (Å²) in [6.07, 6.45) is 2.71. The first-order valence-electron chi connectivity index (χ1n) is 7.50. The van der Waals surface area contributed by atoms with E-state index in [0.717, 1.165) is 35.8 Å². The van der Waals surface area contributed by atoms with Crippen LogP contribution in [-0.2, 0) is 6.42 Å². The number of nitrogens with zero attached hydrogens (tertiary/aromatic N) is 2. The predicted molar refractivity (Wildman–Crippen MR) is 82.4 cm³/mol. The molecule has 2 atom stereocenters. The Morgan fingerprint density at radius 3 is 2.90 bits per heavy atom. The molecule has 0 fully saturated rings. The van der Waals surface area contributed by atoms with E-state index < -0.39 is 0 Å². The van der Waals surface area contributed by atoms with Crippen molar-refractivity contribution in [3.8, 4) is 5.75 Å². The van der Waals surface area contributed by atoms with Gasteiger partial charge in [-0.05, 0) is 32.0 Å². The van der Waals surface area contributed by atoms with Gasteiger partial charge < -0.3 is 10.1 Å². The van der Waals surface area contributed by atoms with Gasteiger partial charge in [-0.15, -0.1) is 0 Å². The van der Waals surface area contributed by atoms with Crippen LogP contribution in [0.5, 0.6) is 5.75 Å². The number of benzene rings is 1. The molecule has 0 radical (unpaired) electrons. The molecule has 1 aromatic heterocycles. The highest BCUT2D eigenvalue weighted by atomic mass is 16.5. The first kappa shape index (κ1) is 14.0. The van der Waals surface area contributed by atoms with E-state index in [1.165, 1.54) is 5.56 Å². The minimum Gasteiger partial charge on any atom is -0.482 e. The van der Waals surface area contributed by atoms with Gasteiger partial charge in [0.15, 0.2) is 11.9 Å². The third-order valence-corrected chi connectivity index (χ3v) is 3.95. The number of ether oxygens (including phenoxy) is 1. The zero-order chi connectivity index (χ0) is 14.8. The first-order valence-corrected chi connectivity index (χ1v) is 7.50. The Bertz CT molecular complexity index is 617. The van der Waals surface area contributed by atoms with Crippen LogP contribution in [0.3, 0.4) is 0 Å². The highest BCUT2D eigenvalue weighted by Crippen LogP contribution is 2.35. The molecular weight excluding hydrogens is 262 g/mol. The molecule has 1 aromatic carbocycles. The van der Waals surface area contributed by atoms with Gasteiger partial charge in [-0.2, -0.15) is 0 Å². The molecule has 2 heterocycles. The monoisotopic (exact) mass is 283 g/mol. The third kappa shape index (κ3) is 2.76. The van der Waals surface area contributed by atoms with Crippen molar-refractivity contribution in [3.63, 3.8) is 0 Å². The predicted octanol–water partition coefficient (Wildman–Crippen LogP) is 3.13. The molecule has 0 aliphatic carbocycles. The summed E-state index contributed by atoms with van der Waals surface area (Å²) in [5.41, 5.74) is 3.40. The molecule has 110 valence electrons. The van der Waals surface area contributed by atoms with Gasteiger partial charge in [-0.1, -0.05) is 25.1 Å². The van der Waals surface area contributed by atoms with Crippen molar-refractivity contribution in [1.82, 2.24) is 15.3 Å². The van der Waals surface area contributed by atoms with E-state index in [-0.39, 0.29) is 12.1 Å². The van der Waals surface area contributed by atoms with Crippen molar-refractivity contribution < 1.29 is 4.74 Å². The van der Waals surface area contributed by atoms with Crippen LogP contribution in [0.25, 0.3) is 0 Å². The number of fused-ring (bicyclic) bond motifs is 1. The second-order valence-corrected chi connectivity index (χ2v) is 5.47. The molecule has 0 saturated carbocycles. The fourth-order valence-corrected chi connectivity index (χ4v) is 2.82. The molecule has 0 bridgehead atoms. The van der Waals surface area contributed by atoms with Crippen molar-refractivity contribution in [3.05, 3.63) is 53.1 Å². The van der Waals surface area contributed by atoms with E-state index in [0.29, 0.717) is 0 Å². The molecule has 1 N–H and O–H groups in total. The summed E-state index contributed by atoms with van der Waals surface area (Å²) in [5, 5.41) is 3.39. The SMILES string of the molecule is CCNC(C)c1cnc(C2Cc3ccccc3O2)nc1C. The molecule has 2 aromatic rings. The van der Waals surface area contributed by atoms with Crippen LogP contribution in [0.1, 0.15) is 48.6 Å². The number of rotatable bonds is 4. The lowest BCUT2D eigenvalue weighted by molar-refractivity contribution is 0.227. The zero-order valence-electron chi connectivity index (χ0n) is 12.8. The average molecular weight is 283 g/mol. The van der Waals surface area contributed by atoms with E-state index in [1.54, 1.807) is 0 Å². The molecule has 1 aliphatic heterocycles. The van der Waals surface area contributed by atoms with E-state index in [9.17, 15) is 0 Å². The summed E-state index contributed by atoms with van der Waals surface area (Å²) in [7, 11) is 0. The normalized spacial score (nSPS) is 18.1. The molecule has 21 heavy (non-hydrogen) atoms. The van der Waals surface area contributed by atoms with E-state index in [1.807, 2.05) is 31.3 Å². The van der Waals surface area contributed by atoms with Gasteiger partial charge in [0, 0.05) is 29.9 Å². The lowest BCUT2D eigenvalue weighted by atomic mass is 10.1. The molecule has 4 heteroatoms. The zero-order valence-corrected chi connectivity index (χ0v) is 12.8. The van der Waals surface area contributed by atoms with Crippen molar-refractivity contribution in [2.45, 2.75) is 39.3 Å². The second-order valence-electron chi connectivity index (χ2n) is 5.47. The Morgan fingerprint density at radius 2 is 2.19 bits per heavy atom. The van der Waals surface area contributed by atoms with Gasteiger partial charge >= 0.3 is 0 Å². The highest BCUT2D eigenvalue weighted by Gasteiger charge is 2.26. The Labute approximate surface area is 125 Å². The number of hydrogen-bond donors (Lipinski definition) is 1. The van der Waals surface area contributed by atoms with Gasteiger partial charge in [0.2, 0.25) is 0 Å². The lowest BCUT2D eigenvalue weighted by Crippen LogP contribution is -2.20. The van der Waals surface area contributed by atoms with Crippen molar-refractivity contribution in [2.24, 2.45) is 0 Å². The number of para-hydroxylation sites is 1. The molecule has 2 unspecified atom stereocenters. The summed E-state index contributed by atoms with van der Waals surface area (Å²) < 4.78 is 5.96. The van der Waals surface area contributed by atoms with E-state index in [4.69, 9.17) is 4.74 Å². The average Bonchev–Trinajstić information content (AvgIpc) is 2.91. The molecule has 0 saturated heterocycles. The molecule has 0 spiro atoms. The topological polar surface area (TPSA) is 47.0 Å². The van der Waals surface area contributed by atoms with Crippen LogP contribution < -0.4 is 10.1 Å². The maximum Gasteiger partial charge on any atom is 0.169 e. The van der Waals surface area contributed by atoms with Gasteiger partial charge in [0.1, 0.15) is 5.75 Å². The van der Waals surface area contributed by atoms with Gasteiger partial charge in [0.25, 0.3) is 0 Å². The van der Waals surface area contributed by atoms with E-state index in [2.05, 4.69) is 35.2 Å². The molecular formula is C17H21N3O. The second kappa shape index (κ2) is 5.82. The van der Waals surface area contributed by atoms with Crippen LogP contribution in [0.15, 0.2) is 30.5 Å². The Morgan fingerprint density at radius 1 is 1.38 bits per heavy atom. The minimum absolute atomic E-state index is 0.0652. The molecule has 0 amide bonds. The van der Waals surface area contributed by atoms with Crippen LogP contribution >= 0.6 is 0 Å². The Kier molecular flexibility index (Phi) is 3.88. The number of nitrogens with one attached hydrogen (secondary N) is 1. The molecule has 1 aliphatic rings. The van der Waals surface area contributed by atoms with Crippen LogP contribution in [0, 0.1) is 6.92 Å². The molecule has 4 nitrogen and oxygen atoms in total. The summed E-state index contributed by atoms with van der Waals surface area (Å²) >= 11 is 0. The van der Waals surface area contributed by atoms with Gasteiger partial charge in [0.05, 0.1) is 0 Å². The summed E-state index contributed by atoms with van der Waals surface area (Å²) in [6, 6.07) is 8.41. The summed E-state index contributed by atoms with van der Waals surface area (Å²) in [5.74, 6) is 1.73. The van der Waals surface area contributed by atoms with Crippen molar-refractivity contribution in [2.75, 3.05) is 6.54 Å². The lowest BCUT2D eigenvalue weighted by Gasteiger charge is -2.16. The van der Waals surface area contributed by atoms with E-state index >= 15 is 0 Å². The largest absolute Gasteiger partial charge is 0.482 e. The fourth-order valence-electron chi connectivity index (χ4n) is 2.82. The number of hydrogen-bond acceptors (Lipinski definition) is 4.